The first-order chi connectivity index (χ1) is 9.90. The Labute approximate surface area is 136 Å². The molecule has 0 aromatic heterocycles. The van der Waals surface area contributed by atoms with Gasteiger partial charge in [-0.3, -0.25) is 4.79 Å². The van der Waals surface area contributed by atoms with Crippen LogP contribution in [0.25, 0.3) is 10.4 Å². The van der Waals surface area contributed by atoms with Crippen LogP contribution in [0.2, 0.25) is 0 Å². The highest BCUT2D eigenvalue weighted by Crippen LogP contribution is 2.31. The zero-order chi connectivity index (χ0) is 15.9. The summed E-state index contributed by atoms with van der Waals surface area (Å²) in [5.74, 6) is -0.881. The Bertz CT molecular complexity index is 546. The summed E-state index contributed by atoms with van der Waals surface area (Å²) in [5, 5.41) is 22.5. The third-order valence-corrected chi connectivity index (χ3v) is 4.17. The quantitative estimate of drug-likeness (QED) is 0.300. The molecule has 2 N–H and O–H groups in total. The van der Waals surface area contributed by atoms with Gasteiger partial charge in [0, 0.05) is 8.48 Å². The third-order valence-electron chi connectivity index (χ3n) is 3.50. The first kappa shape index (κ1) is 17.7. The van der Waals surface area contributed by atoms with Crippen LogP contribution in [0.3, 0.4) is 0 Å². The minimum atomic E-state index is -0.987. The molecule has 7 heteroatoms. The van der Waals surface area contributed by atoms with Crippen LogP contribution in [0.1, 0.15) is 31.7 Å². The summed E-state index contributed by atoms with van der Waals surface area (Å²) >= 11 is 2.15. The molecule has 0 amide bonds. The molecule has 0 aliphatic carbocycles. The molecule has 1 aromatic carbocycles. The van der Waals surface area contributed by atoms with Crippen molar-refractivity contribution in [3.8, 4) is 0 Å². The maximum atomic E-state index is 11.6. The maximum absolute atomic E-state index is 11.6. The second-order valence-corrected chi connectivity index (χ2v) is 6.35. The Morgan fingerprint density at radius 3 is 2.86 bits per heavy atom. The molecular formula is C14H18IN3O3. The predicted octanol–water partition coefficient (Wildman–Crippen LogP) is 3.48. The average Bonchev–Trinajstić information content (AvgIpc) is 2.44. The summed E-state index contributed by atoms with van der Waals surface area (Å²) in [6, 6.07) is 7.43. The number of benzene rings is 1. The van der Waals surface area contributed by atoms with E-state index < -0.39 is 17.5 Å². The van der Waals surface area contributed by atoms with Crippen LogP contribution in [0.4, 0.5) is 0 Å². The molecular weight excluding hydrogens is 385 g/mol. The molecule has 0 saturated heterocycles. The molecule has 0 fully saturated rings. The van der Waals surface area contributed by atoms with Gasteiger partial charge >= 0.3 is 5.97 Å². The largest absolute Gasteiger partial charge is 0.481 e. The van der Waals surface area contributed by atoms with E-state index in [0.29, 0.717) is 19.3 Å². The SMILES string of the molecule is CC(CCCC(O)CN=[N+]=[N-])(C(=O)O)c1cccc(I)c1. The lowest BCUT2D eigenvalue weighted by atomic mass is 9.78. The van der Waals surface area contributed by atoms with Crippen LogP contribution in [-0.2, 0) is 10.2 Å². The van der Waals surface area contributed by atoms with Gasteiger partial charge in [-0.2, -0.15) is 0 Å². The van der Waals surface area contributed by atoms with E-state index in [9.17, 15) is 15.0 Å². The van der Waals surface area contributed by atoms with Gasteiger partial charge in [0.25, 0.3) is 0 Å². The van der Waals surface area contributed by atoms with Crippen molar-refractivity contribution in [2.75, 3.05) is 6.54 Å². The Hall–Kier alpha value is -1.31. The smallest absolute Gasteiger partial charge is 0.313 e. The number of hydrogen-bond donors (Lipinski definition) is 2. The maximum Gasteiger partial charge on any atom is 0.313 e. The summed E-state index contributed by atoms with van der Waals surface area (Å²) < 4.78 is 0.987. The lowest BCUT2D eigenvalue weighted by molar-refractivity contribution is -0.143. The summed E-state index contributed by atoms with van der Waals surface area (Å²) in [6.07, 6.45) is 0.632. The Morgan fingerprint density at radius 2 is 2.29 bits per heavy atom. The number of halogens is 1. The highest BCUT2D eigenvalue weighted by molar-refractivity contribution is 14.1. The number of aliphatic hydroxyl groups is 1. The molecule has 21 heavy (non-hydrogen) atoms. The number of nitrogens with zero attached hydrogens (tertiary/aromatic N) is 3. The summed E-state index contributed by atoms with van der Waals surface area (Å²) in [7, 11) is 0. The number of aliphatic hydroxyl groups excluding tert-OH is 1. The van der Waals surface area contributed by atoms with Crippen molar-refractivity contribution < 1.29 is 15.0 Å². The highest BCUT2D eigenvalue weighted by atomic mass is 127. The van der Waals surface area contributed by atoms with Gasteiger partial charge in [-0.05, 0) is 72.0 Å². The first-order valence-electron chi connectivity index (χ1n) is 6.58. The average molecular weight is 403 g/mol. The van der Waals surface area contributed by atoms with Gasteiger partial charge in [0.15, 0.2) is 0 Å². The number of carboxylic acids is 1. The number of aliphatic carboxylic acids is 1. The molecule has 0 aliphatic rings. The number of carbonyl (C=O) groups is 1. The van der Waals surface area contributed by atoms with Gasteiger partial charge in [-0.25, -0.2) is 0 Å². The van der Waals surface area contributed by atoms with Gasteiger partial charge in [0.1, 0.15) is 0 Å². The highest BCUT2D eigenvalue weighted by Gasteiger charge is 2.34. The van der Waals surface area contributed by atoms with Crippen molar-refractivity contribution in [2.24, 2.45) is 5.11 Å². The molecule has 0 aliphatic heterocycles. The molecule has 1 rings (SSSR count). The first-order valence-corrected chi connectivity index (χ1v) is 7.66. The van der Waals surface area contributed by atoms with Crippen molar-refractivity contribution in [1.82, 2.24) is 0 Å². The van der Waals surface area contributed by atoms with E-state index in [1.807, 2.05) is 24.3 Å². The van der Waals surface area contributed by atoms with Gasteiger partial charge in [-0.1, -0.05) is 17.2 Å². The monoisotopic (exact) mass is 403 g/mol. The van der Waals surface area contributed by atoms with E-state index in [-0.39, 0.29) is 6.54 Å². The van der Waals surface area contributed by atoms with Crippen LogP contribution in [0.5, 0.6) is 0 Å². The molecule has 1 aromatic rings. The molecule has 6 nitrogen and oxygen atoms in total. The van der Waals surface area contributed by atoms with Crippen molar-refractivity contribution in [1.29, 1.82) is 0 Å². The number of carboxylic acid groups (broad SMARTS) is 1. The summed E-state index contributed by atoms with van der Waals surface area (Å²) in [6.45, 7) is 1.71. The second-order valence-electron chi connectivity index (χ2n) is 5.11. The Morgan fingerprint density at radius 1 is 1.57 bits per heavy atom. The van der Waals surface area contributed by atoms with Crippen molar-refractivity contribution in [2.45, 2.75) is 37.7 Å². The van der Waals surface area contributed by atoms with E-state index >= 15 is 0 Å². The van der Waals surface area contributed by atoms with Gasteiger partial charge in [0.2, 0.25) is 0 Å². The normalized spacial score (nSPS) is 14.8. The molecule has 0 radical (unpaired) electrons. The third kappa shape index (κ3) is 5.18. The van der Waals surface area contributed by atoms with Gasteiger partial charge in [-0.15, -0.1) is 0 Å². The van der Waals surface area contributed by atoms with Crippen LogP contribution in [0, 0.1) is 3.57 Å². The molecule has 114 valence electrons. The molecule has 0 bridgehead atoms. The summed E-state index contributed by atoms with van der Waals surface area (Å²) in [5.41, 5.74) is 7.96. The van der Waals surface area contributed by atoms with Crippen molar-refractivity contribution in [3.05, 3.63) is 43.8 Å². The Kier molecular flexibility index (Phi) is 6.94. The van der Waals surface area contributed by atoms with Crippen molar-refractivity contribution >= 4 is 28.6 Å². The lowest BCUT2D eigenvalue weighted by Gasteiger charge is -2.26. The molecule has 2 atom stereocenters. The topological polar surface area (TPSA) is 106 Å². The fourth-order valence-electron chi connectivity index (χ4n) is 2.12. The minimum Gasteiger partial charge on any atom is -0.481 e. The van der Waals surface area contributed by atoms with E-state index in [1.54, 1.807) is 6.92 Å². The summed E-state index contributed by atoms with van der Waals surface area (Å²) in [4.78, 5) is 14.2. The van der Waals surface area contributed by atoms with Crippen molar-refractivity contribution in [3.63, 3.8) is 0 Å². The Balaban J connectivity index is 2.74. The van der Waals surface area contributed by atoms with Crippen LogP contribution in [0.15, 0.2) is 29.4 Å². The standard InChI is InChI=1S/C14H18IN3O3/c1-14(13(20)21,10-4-2-5-11(15)8-10)7-3-6-12(19)9-17-18-16/h2,4-5,8,12,19H,3,6-7,9H2,1H3,(H,20,21). The van der Waals surface area contributed by atoms with Crippen LogP contribution < -0.4 is 0 Å². The van der Waals surface area contributed by atoms with E-state index in [2.05, 4.69) is 32.6 Å². The van der Waals surface area contributed by atoms with E-state index in [0.717, 1.165) is 9.13 Å². The van der Waals surface area contributed by atoms with Gasteiger partial charge in [0.05, 0.1) is 18.1 Å². The predicted molar refractivity (Wildman–Crippen MR) is 88.0 cm³/mol. The number of hydrogen-bond acceptors (Lipinski definition) is 3. The van der Waals surface area contributed by atoms with Crippen LogP contribution in [-0.4, -0.2) is 28.8 Å². The molecule has 0 saturated carbocycles. The van der Waals surface area contributed by atoms with Crippen LogP contribution >= 0.6 is 22.6 Å². The zero-order valence-corrected chi connectivity index (χ0v) is 13.9. The fourth-order valence-corrected chi connectivity index (χ4v) is 2.66. The molecule has 2 unspecified atom stereocenters. The van der Waals surface area contributed by atoms with E-state index in [4.69, 9.17) is 5.53 Å². The zero-order valence-electron chi connectivity index (χ0n) is 11.7. The lowest BCUT2D eigenvalue weighted by Crippen LogP contribution is -2.32. The molecule has 0 heterocycles. The fraction of sp³-hybridized carbons (Fsp3) is 0.500. The number of rotatable bonds is 8. The molecule has 0 spiro atoms. The second kappa shape index (κ2) is 8.21. The number of azide groups is 1. The minimum absolute atomic E-state index is 0.0174. The van der Waals surface area contributed by atoms with Gasteiger partial charge < -0.3 is 10.2 Å². The van der Waals surface area contributed by atoms with E-state index in [1.165, 1.54) is 0 Å².